The normalized spacial score (nSPS) is 24.7. The maximum Gasteiger partial charge on any atom is 0.407 e. The van der Waals surface area contributed by atoms with Crippen molar-refractivity contribution in [3.8, 4) is 0 Å². The van der Waals surface area contributed by atoms with Crippen LogP contribution < -0.4 is 16.0 Å². The van der Waals surface area contributed by atoms with E-state index in [4.69, 9.17) is 9.47 Å². The number of halogens is 2. The van der Waals surface area contributed by atoms with Gasteiger partial charge in [0.2, 0.25) is 0 Å². The van der Waals surface area contributed by atoms with Crippen molar-refractivity contribution in [2.75, 3.05) is 46.3 Å². The van der Waals surface area contributed by atoms with Gasteiger partial charge in [0.05, 0.1) is 0 Å². The highest BCUT2D eigenvalue weighted by Gasteiger charge is 2.35. The molecular weight excluding hydrogens is 849 g/mol. The molecule has 2 aliphatic heterocycles. The van der Waals surface area contributed by atoms with E-state index in [0.717, 1.165) is 95.3 Å². The second-order valence-corrected chi connectivity index (χ2v) is 19.4. The van der Waals surface area contributed by atoms with E-state index in [2.05, 4.69) is 25.8 Å². The summed E-state index contributed by atoms with van der Waals surface area (Å²) < 4.78 is 37.4. The summed E-state index contributed by atoms with van der Waals surface area (Å²) in [6, 6.07) is 33.5. The van der Waals surface area contributed by atoms with Gasteiger partial charge < -0.3 is 35.2 Å². The van der Waals surface area contributed by atoms with Gasteiger partial charge in [-0.3, -0.25) is 4.79 Å². The van der Waals surface area contributed by atoms with Crippen LogP contribution in [0, 0.1) is 35.3 Å². The first-order valence-electron chi connectivity index (χ1n) is 24.7. The fraction of sp³-hybridized carbons (Fsp3) is 0.509. The molecule has 4 aromatic carbocycles. The van der Waals surface area contributed by atoms with E-state index in [0.29, 0.717) is 36.6 Å². The summed E-state index contributed by atoms with van der Waals surface area (Å²) in [4.78, 5) is 42.2. The van der Waals surface area contributed by atoms with Gasteiger partial charge in [0, 0.05) is 57.1 Å². The Morgan fingerprint density at radius 1 is 0.597 bits per heavy atom. The molecule has 2 saturated heterocycles. The molecule has 2 amide bonds. The largest absolute Gasteiger partial charge is 0.445 e. The van der Waals surface area contributed by atoms with Crippen LogP contribution in [0.4, 0.5) is 18.4 Å². The zero-order valence-electron chi connectivity index (χ0n) is 39.3. The minimum absolute atomic E-state index is 0.104. The van der Waals surface area contributed by atoms with Gasteiger partial charge in [-0.1, -0.05) is 84.9 Å². The molecule has 67 heavy (non-hydrogen) atoms. The van der Waals surface area contributed by atoms with Crippen LogP contribution in [-0.2, 0) is 40.3 Å². The molecule has 10 nitrogen and oxygen atoms in total. The molecule has 0 aromatic heterocycles. The number of piperidine rings is 2. The molecule has 2 aliphatic carbocycles. The van der Waals surface area contributed by atoms with E-state index >= 15 is 0 Å². The summed E-state index contributed by atoms with van der Waals surface area (Å²) in [5.41, 5.74) is 4.31. The van der Waals surface area contributed by atoms with E-state index in [1.165, 1.54) is 42.5 Å². The number of nitrogens with one attached hydrogen (secondary N) is 3. The van der Waals surface area contributed by atoms with Crippen LogP contribution in [0.15, 0.2) is 109 Å². The molecule has 7 atom stereocenters. The lowest BCUT2D eigenvalue weighted by Crippen LogP contribution is -2.52. The highest BCUT2D eigenvalue weighted by molar-refractivity contribution is 5.81. The summed E-state index contributed by atoms with van der Waals surface area (Å²) in [7, 11) is 2.00. The average Bonchev–Trinajstić information content (AvgIpc) is 3.34. The zero-order valence-corrected chi connectivity index (χ0v) is 39.3. The second kappa shape index (κ2) is 25.8. The highest BCUT2D eigenvalue weighted by Crippen LogP contribution is 2.30. The molecule has 2 saturated carbocycles. The SMILES string of the molecule is CN[C@@H]1CC[C@@H](CN2CCC[C@@H](Cc3ccc(F)cc3)C2)[C@H](NC(=O)OCc2ccccc2)C1.O=C1CC[C@@H](CN2CCC[C@@H](Cc3ccc(F)cc3)C2)[C@H](NC(=O)OCc2ccccc2)C1. The summed E-state index contributed by atoms with van der Waals surface area (Å²) in [6.07, 6.45) is 10.8. The van der Waals surface area contributed by atoms with Gasteiger partial charge in [0.1, 0.15) is 30.6 Å². The lowest BCUT2D eigenvalue weighted by molar-refractivity contribution is -0.121. The molecular formula is C55H71F2N5O5. The van der Waals surface area contributed by atoms with Crippen molar-refractivity contribution in [1.82, 2.24) is 25.8 Å². The maximum atomic E-state index is 13.3. The Morgan fingerprint density at radius 2 is 1.07 bits per heavy atom. The number of ketones is 1. The minimum atomic E-state index is -0.462. The van der Waals surface area contributed by atoms with E-state index < -0.39 is 6.09 Å². The predicted octanol–water partition coefficient (Wildman–Crippen LogP) is 9.51. The number of hydrogen-bond donors (Lipinski definition) is 3. The number of carbonyl (C=O) groups excluding carboxylic acids is 3. The third-order valence-electron chi connectivity index (χ3n) is 14.3. The van der Waals surface area contributed by atoms with Crippen LogP contribution in [0.3, 0.4) is 0 Å². The quantitative estimate of drug-likeness (QED) is 0.108. The standard InChI is InChI=1S/C28H38FN3O2.C27H33FN2O3/c1-30-26-14-11-24(27(17-26)31-28(33)34-20-22-6-3-2-4-7-22)19-32-15-5-8-23(18-32)16-21-9-12-25(29)13-10-21;28-24-11-8-20(9-12-24)15-22-7-4-14-30(17-22)18-23-10-13-25(31)16-26(23)29-27(32)33-19-21-5-2-1-3-6-21/h2-4,6-7,9-10,12-13,23-24,26-27,30H,5,8,11,14-20H2,1H3,(H,31,33);1-3,5-6,8-9,11-12,22-23,26H,4,7,10,13-19H2,(H,29,32)/t23-,24-,26+,27+;22-,23-,26+/m00/s1. The summed E-state index contributed by atoms with van der Waals surface area (Å²) in [6.45, 7) is 6.58. The molecule has 12 heteroatoms. The molecule has 2 heterocycles. The van der Waals surface area contributed by atoms with Crippen LogP contribution in [0.1, 0.15) is 86.5 Å². The molecule has 4 aliphatic rings. The molecule has 0 unspecified atom stereocenters. The first kappa shape index (κ1) is 49.7. The average molecular weight is 920 g/mol. The van der Waals surface area contributed by atoms with E-state index in [1.807, 2.05) is 92.0 Å². The molecule has 360 valence electrons. The number of nitrogens with zero attached hydrogens (tertiary/aromatic N) is 2. The highest BCUT2D eigenvalue weighted by atomic mass is 19.1. The number of alkyl carbamates (subject to hydrolysis) is 2. The lowest BCUT2D eigenvalue weighted by Gasteiger charge is -2.41. The maximum absolute atomic E-state index is 13.3. The summed E-state index contributed by atoms with van der Waals surface area (Å²) >= 11 is 0. The predicted molar refractivity (Wildman–Crippen MR) is 258 cm³/mol. The van der Waals surface area contributed by atoms with E-state index in [-0.39, 0.29) is 54.7 Å². The van der Waals surface area contributed by atoms with Crippen molar-refractivity contribution < 1.29 is 32.6 Å². The van der Waals surface area contributed by atoms with Crippen LogP contribution in [-0.4, -0.2) is 92.2 Å². The van der Waals surface area contributed by atoms with Gasteiger partial charge >= 0.3 is 12.2 Å². The number of amides is 2. The topological polar surface area (TPSA) is 112 Å². The molecule has 4 aromatic rings. The van der Waals surface area contributed by atoms with Crippen molar-refractivity contribution in [2.45, 2.75) is 108 Å². The fourth-order valence-electron chi connectivity index (χ4n) is 10.7. The number of benzene rings is 4. The van der Waals surface area contributed by atoms with Crippen molar-refractivity contribution >= 4 is 18.0 Å². The monoisotopic (exact) mass is 920 g/mol. The Kier molecular flexibility index (Phi) is 19.2. The van der Waals surface area contributed by atoms with Crippen molar-refractivity contribution in [3.63, 3.8) is 0 Å². The third kappa shape index (κ3) is 16.5. The molecule has 0 spiro atoms. The minimum Gasteiger partial charge on any atom is -0.445 e. The van der Waals surface area contributed by atoms with Gasteiger partial charge in [-0.2, -0.15) is 0 Å². The second-order valence-electron chi connectivity index (χ2n) is 19.4. The molecule has 4 fully saturated rings. The van der Waals surface area contributed by atoms with Gasteiger partial charge in [-0.25, -0.2) is 18.4 Å². The van der Waals surface area contributed by atoms with E-state index in [9.17, 15) is 23.2 Å². The van der Waals surface area contributed by atoms with Gasteiger partial charge in [-0.15, -0.1) is 0 Å². The first-order chi connectivity index (χ1) is 32.6. The van der Waals surface area contributed by atoms with Crippen LogP contribution in [0.25, 0.3) is 0 Å². The number of hydrogen-bond acceptors (Lipinski definition) is 8. The van der Waals surface area contributed by atoms with Crippen LogP contribution >= 0.6 is 0 Å². The third-order valence-corrected chi connectivity index (χ3v) is 14.3. The van der Waals surface area contributed by atoms with Crippen molar-refractivity contribution in [3.05, 3.63) is 143 Å². The number of Topliss-reactive ketones (excluding diaryl/α,β-unsaturated/α-hetero) is 1. The van der Waals surface area contributed by atoms with Gasteiger partial charge in [-0.05, 0) is 155 Å². The summed E-state index contributed by atoms with van der Waals surface area (Å²) in [5, 5.41) is 9.55. The van der Waals surface area contributed by atoms with Crippen LogP contribution in [0.5, 0.6) is 0 Å². The summed E-state index contributed by atoms with van der Waals surface area (Å²) in [5.74, 6) is 1.61. The van der Waals surface area contributed by atoms with Gasteiger partial charge in [0.25, 0.3) is 0 Å². The molecule has 8 rings (SSSR count). The smallest absolute Gasteiger partial charge is 0.407 e. The Balaban J connectivity index is 0.000000199. The number of likely N-dealkylation sites (tertiary alicyclic amines) is 2. The van der Waals surface area contributed by atoms with Crippen molar-refractivity contribution in [2.24, 2.45) is 23.7 Å². The number of ether oxygens (including phenoxy) is 2. The zero-order chi connectivity index (χ0) is 46.8. The Labute approximate surface area is 396 Å². The Bertz CT molecular complexity index is 2110. The molecule has 0 radical (unpaired) electrons. The first-order valence-corrected chi connectivity index (χ1v) is 24.7. The van der Waals surface area contributed by atoms with Gasteiger partial charge in [0.15, 0.2) is 0 Å². The fourth-order valence-corrected chi connectivity index (χ4v) is 10.7. The molecule has 3 N–H and O–H groups in total. The van der Waals surface area contributed by atoms with Crippen molar-refractivity contribution in [1.29, 1.82) is 0 Å². The number of carbonyl (C=O) groups is 3. The lowest BCUT2D eigenvalue weighted by atomic mass is 9.80. The number of rotatable bonds is 15. The molecule has 0 bridgehead atoms. The van der Waals surface area contributed by atoms with Crippen LogP contribution in [0.2, 0.25) is 0 Å². The Hall–Kier alpha value is -5.17. The Morgan fingerprint density at radius 3 is 1.57 bits per heavy atom. The van der Waals surface area contributed by atoms with E-state index in [1.54, 1.807) is 12.1 Å².